The van der Waals surface area contributed by atoms with Gasteiger partial charge >= 0.3 is 74.9 Å². The summed E-state index contributed by atoms with van der Waals surface area (Å²) in [5, 5.41) is 0. The minimum Gasteiger partial charge on any atom is -0.748 e. The van der Waals surface area contributed by atoms with Crippen LogP contribution in [-0.2, 0) is 19.6 Å². The topological polar surface area (TPSA) is 83.5 Å². The van der Waals surface area contributed by atoms with Crippen molar-refractivity contribution in [3.8, 4) is 0 Å². The molecule has 0 aromatic carbocycles. The molecule has 0 aliphatic carbocycles. The molecular formula is C6H9CsO5S. The Morgan fingerprint density at radius 3 is 2.31 bits per heavy atom. The third kappa shape index (κ3) is 11.1. The van der Waals surface area contributed by atoms with Crippen LogP contribution in [0.4, 0.5) is 0 Å². The van der Waals surface area contributed by atoms with Crippen molar-refractivity contribution in [1.29, 1.82) is 0 Å². The molecule has 0 rings (SSSR count). The first kappa shape index (κ1) is 16.6. The number of carbonyl (C=O) groups is 1. The first-order chi connectivity index (χ1) is 5.33. The standard InChI is InChI=1S/C6H10O5S.Cs/c1-5(2)6(7)11-3-4-12(8,9)10;/h1,3-4H2,2H3,(H,8,9,10);/q;+1/p-1. The molecular weight excluding hydrogens is 317 g/mol. The van der Waals surface area contributed by atoms with Crippen LogP contribution in [0.1, 0.15) is 6.92 Å². The van der Waals surface area contributed by atoms with Crippen LogP contribution in [-0.4, -0.2) is 31.3 Å². The monoisotopic (exact) mass is 326 g/mol. The molecule has 0 atom stereocenters. The Bertz CT molecular complexity index is 281. The van der Waals surface area contributed by atoms with E-state index in [-0.39, 0.29) is 74.5 Å². The molecule has 0 bridgehead atoms. The van der Waals surface area contributed by atoms with Gasteiger partial charge in [-0.2, -0.15) is 0 Å². The van der Waals surface area contributed by atoms with E-state index in [1.165, 1.54) is 6.92 Å². The van der Waals surface area contributed by atoms with Crippen molar-refractivity contribution in [1.82, 2.24) is 0 Å². The van der Waals surface area contributed by atoms with Gasteiger partial charge in [0.15, 0.2) is 0 Å². The van der Waals surface area contributed by atoms with Gasteiger partial charge in [0.05, 0.1) is 15.9 Å². The van der Waals surface area contributed by atoms with Crippen LogP contribution in [0.3, 0.4) is 0 Å². The molecule has 70 valence electrons. The zero-order valence-corrected chi connectivity index (χ0v) is 14.7. The minimum absolute atomic E-state index is 0. The van der Waals surface area contributed by atoms with Gasteiger partial charge in [-0.25, -0.2) is 13.2 Å². The number of ether oxygens (including phenoxy) is 1. The van der Waals surface area contributed by atoms with Crippen molar-refractivity contribution >= 4 is 16.1 Å². The molecule has 7 heteroatoms. The molecule has 5 nitrogen and oxygen atoms in total. The van der Waals surface area contributed by atoms with Crippen molar-refractivity contribution in [3.05, 3.63) is 12.2 Å². The average molecular weight is 326 g/mol. The maximum absolute atomic E-state index is 10.6. The maximum Gasteiger partial charge on any atom is 1.00 e. The van der Waals surface area contributed by atoms with Crippen LogP contribution in [0.15, 0.2) is 12.2 Å². The zero-order chi connectivity index (χ0) is 9.78. The largest absolute Gasteiger partial charge is 1.00 e. The van der Waals surface area contributed by atoms with Crippen LogP contribution < -0.4 is 68.9 Å². The quantitative estimate of drug-likeness (QED) is 0.306. The molecule has 0 saturated heterocycles. The fourth-order valence-electron chi connectivity index (χ4n) is 0.360. The Morgan fingerprint density at radius 2 is 2.00 bits per heavy atom. The van der Waals surface area contributed by atoms with Gasteiger partial charge in [0, 0.05) is 5.57 Å². The SMILES string of the molecule is C=C(C)C(=O)OCCS(=O)(=O)[O-].[Cs+]. The van der Waals surface area contributed by atoms with Gasteiger partial charge in [0.1, 0.15) is 6.61 Å². The predicted octanol–water partition coefficient (Wildman–Crippen LogP) is -3.35. The van der Waals surface area contributed by atoms with Gasteiger partial charge < -0.3 is 9.29 Å². The van der Waals surface area contributed by atoms with Gasteiger partial charge in [-0.05, 0) is 6.92 Å². The molecule has 0 fully saturated rings. The van der Waals surface area contributed by atoms with E-state index < -0.39 is 28.4 Å². The first-order valence-electron chi connectivity index (χ1n) is 3.09. The van der Waals surface area contributed by atoms with Gasteiger partial charge in [0.25, 0.3) is 0 Å². The average Bonchev–Trinajstić information content (AvgIpc) is 1.84. The first-order valence-corrected chi connectivity index (χ1v) is 4.67. The van der Waals surface area contributed by atoms with Gasteiger partial charge in [-0.15, -0.1) is 0 Å². The van der Waals surface area contributed by atoms with Crippen molar-refractivity contribution in [2.45, 2.75) is 6.92 Å². The second kappa shape index (κ2) is 7.46. The van der Waals surface area contributed by atoms with E-state index in [9.17, 15) is 17.8 Å². The van der Waals surface area contributed by atoms with Crippen molar-refractivity contribution < 1.29 is 91.4 Å². The van der Waals surface area contributed by atoms with Gasteiger partial charge in [0.2, 0.25) is 0 Å². The summed E-state index contributed by atoms with van der Waals surface area (Å²) in [7, 11) is -4.30. The Morgan fingerprint density at radius 1 is 1.54 bits per heavy atom. The van der Waals surface area contributed by atoms with E-state index in [1.807, 2.05) is 0 Å². The van der Waals surface area contributed by atoms with Crippen molar-refractivity contribution in [2.75, 3.05) is 12.4 Å². The molecule has 0 N–H and O–H groups in total. The molecule has 0 aromatic heterocycles. The van der Waals surface area contributed by atoms with Gasteiger partial charge in [-0.3, -0.25) is 0 Å². The van der Waals surface area contributed by atoms with Crippen LogP contribution in [0.25, 0.3) is 0 Å². The summed E-state index contributed by atoms with van der Waals surface area (Å²) in [6.07, 6.45) is 0. The van der Waals surface area contributed by atoms with Gasteiger partial charge in [-0.1, -0.05) is 6.58 Å². The Balaban J connectivity index is 0. The van der Waals surface area contributed by atoms with E-state index in [4.69, 9.17) is 0 Å². The summed E-state index contributed by atoms with van der Waals surface area (Å²) in [6.45, 7) is 4.27. The number of hydrogen-bond acceptors (Lipinski definition) is 5. The molecule has 0 spiro atoms. The third-order valence-corrected chi connectivity index (χ3v) is 1.58. The Hall–Kier alpha value is 1.17. The van der Waals surface area contributed by atoms with Crippen LogP contribution in [0.2, 0.25) is 0 Å². The molecule has 0 unspecified atom stereocenters. The van der Waals surface area contributed by atoms with E-state index in [1.54, 1.807) is 0 Å². The minimum atomic E-state index is -4.30. The molecule has 0 radical (unpaired) electrons. The molecule has 0 aliphatic rings. The number of esters is 1. The Kier molecular flexibility index (Phi) is 9.53. The summed E-state index contributed by atoms with van der Waals surface area (Å²) in [6, 6.07) is 0. The fourth-order valence-corrected chi connectivity index (χ4v) is 0.647. The van der Waals surface area contributed by atoms with Crippen LogP contribution in [0, 0.1) is 0 Å². The molecule has 0 heterocycles. The summed E-state index contributed by atoms with van der Waals surface area (Å²) >= 11 is 0. The summed E-state index contributed by atoms with van der Waals surface area (Å²) < 4.78 is 34.4. The van der Waals surface area contributed by atoms with Crippen molar-refractivity contribution in [2.24, 2.45) is 0 Å². The van der Waals surface area contributed by atoms with E-state index in [2.05, 4.69) is 11.3 Å². The van der Waals surface area contributed by atoms with E-state index >= 15 is 0 Å². The normalized spacial score (nSPS) is 10.0. The molecule has 0 aliphatic heterocycles. The second-order valence-corrected chi connectivity index (χ2v) is 3.70. The Labute approximate surface area is 136 Å². The van der Waals surface area contributed by atoms with Crippen molar-refractivity contribution in [3.63, 3.8) is 0 Å². The fraction of sp³-hybridized carbons (Fsp3) is 0.500. The zero-order valence-electron chi connectivity index (χ0n) is 7.57. The summed E-state index contributed by atoms with van der Waals surface area (Å²) in [5.74, 6) is -1.40. The number of carbonyl (C=O) groups excluding carboxylic acids is 1. The third-order valence-electron chi connectivity index (χ3n) is 0.915. The molecule has 13 heavy (non-hydrogen) atoms. The molecule has 0 aromatic rings. The van der Waals surface area contributed by atoms with E-state index in [0.717, 1.165) is 0 Å². The maximum atomic E-state index is 10.6. The predicted molar refractivity (Wildman–Crippen MR) is 40.3 cm³/mol. The summed E-state index contributed by atoms with van der Waals surface area (Å²) in [4.78, 5) is 10.6. The van der Waals surface area contributed by atoms with E-state index in [0.29, 0.717) is 0 Å². The number of rotatable bonds is 4. The molecule has 0 saturated carbocycles. The summed E-state index contributed by atoms with van der Waals surface area (Å²) in [5.41, 5.74) is 0.165. The van der Waals surface area contributed by atoms with Crippen LogP contribution in [0.5, 0.6) is 0 Å². The number of hydrogen-bond donors (Lipinski definition) is 0. The second-order valence-electron chi connectivity index (χ2n) is 2.18. The smallest absolute Gasteiger partial charge is 0.748 e. The van der Waals surface area contributed by atoms with Crippen LogP contribution >= 0.6 is 0 Å². The molecule has 0 amide bonds.